The number of aromatic nitrogens is 3. The van der Waals surface area contributed by atoms with Crippen molar-refractivity contribution < 1.29 is 0 Å². The summed E-state index contributed by atoms with van der Waals surface area (Å²) in [6.07, 6.45) is 4.90. The molecular weight excluding hydrogens is 182 g/mol. The van der Waals surface area contributed by atoms with Gasteiger partial charge in [-0.3, -0.25) is 4.68 Å². The third-order valence-electron chi connectivity index (χ3n) is 1.83. The predicted octanol–water partition coefficient (Wildman–Crippen LogP) is 2.11. The van der Waals surface area contributed by atoms with Gasteiger partial charge in [-0.2, -0.15) is 5.10 Å². The summed E-state index contributed by atoms with van der Waals surface area (Å²) in [6.45, 7) is 2.13. The van der Waals surface area contributed by atoms with Gasteiger partial charge in [-0.05, 0) is 12.5 Å². The Labute approximate surface area is 81.1 Å². The first-order valence-electron chi connectivity index (χ1n) is 4.24. The van der Waals surface area contributed by atoms with Crippen molar-refractivity contribution in [3.8, 4) is 10.7 Å². The molecule has 3 nitrogen and oxygen atoms in total. The minimum atomic E-state index is 0.965. The summed E-state index contributed by atoms with van der Waals surface area (Å²) in [6, 6.07) is 1.98. The molecule has 2 aromatic heterocycles. The van der Waals surface area contributed by atoms with Crippen LogP contribution in [0.25, 0.3) is 10.7 Å². The van der Waals surface area contributed by atoms with Gasteiger partial charge in [0.05, 0.1) is 0 Å². The molecule has 2 rings (SSSR count). The number of hydrogen-bond donors (Lipinski definition) is 0. The highest BCUT2D eigenvalue weighted by Crippen LogP contribution is 2.23. The van der Waals surface area contributed by atoms with Crippen LogP contribution in [0, 0.1) is 0 Å². The predicted molar refractivity (Wildman–Crippen MR) is 53.7 cm³/mol. The lowest BCUT2D eigenvalue weighted by molar-refractivity contribution is 0.770. The molecule has 0 radical (unpaired) electrons. The molecule has 2 heterocycles. The fourth-order valence-electron chi connectivity index (χ4n) is 1.12. The minimum absolute atomic E-state index is 0.965. The second-order valence-corrected chi connectivity index (χ2v) is 3.98. The number of rotatable bonds is 2. The van der Waals surface area contributed by atoms with Gasteiger partial charge < -0.3 is 0 Å². The van der Waals surface area contributed by atoms with Gasteiger partial charge in [-0.1, -0.05) is 6.92 Å². The van der Waals surface area contributed by atoms with Crippen LogP contribution in [0.4, 0.5) is 0 Å². The maximum atomic E-state index is 4.31. The van der Waals surface area contributed by atoms with E-state index in [1.807, 2.05) is 25.5 Å². The SMILES string of the molecule is CCc1cnc(-c2ccn(C)n2)s1. The number of nitrogens with zero attached hydrogens (tertiary/aromatic N) is 3. The summed E-state index contributed by atoms with van der Waals surface area (Å²) in [5.74, 6) is 0. The molecule has 4 heteroatoms. The van der Waals surface area contributed by atoms with Crippen LogP contribution in [0.1, 0.15) is 11.8 Å². The number of aryl methyl sites for hydroxylation is 2. The zero-order valence-corrected chi connectivity index (χ0v) is 8.51. The Hall–Kier alpha value is -1.16. The lowest BCUT2D eigenvalue weighted by Crippen LogP contribution is -1.87. The highest BCUT2D eigenvalue weighted by atomic mass is 32.1. The zero-order valence-electron chi connectivity index (χ0n) is 7.69. The summed E-state index contributed by atoms with van der Waals surface area (Å²) in [5, 5.41) is 5.30. The molecule has 0 amide bonds. The molecule has 0 N–H and O–H groups in total. The van der Waals surface area contributed by atoms with Crippen molar-refractivity contribution in [2.45, 2.75) is 13.3 Å². The molecule has 0 aliphatic heterocycles. The molecule has 68 valence electrons. The largest absolute Gasteiger partial charge is 0.275 e. The normalized spacial score (nSPS) is 10.6. The molecule has 0 bridgehead atoms. The Morgan fingerprint density at radius 3 is 2.92 bits per heavy atom. The van der Waals surface area contributed by atoms with Crippen LogP contribution < -0.4 is 0 Å². The van der Waals surface area contributed by atoms with Gasteiger partial charge in [0.15, 0.2) is 0 Å². The summed E-state index contributed by atoms with van der Waals surface area (Å²) in [7, 11) is 1.91. The van der Waals surface area contributed by atoms with Crippen LogP contribution in [0.15, 0.2) is 18.5 Å². The molecule has 2 aromatic rings. The van der Waals surface area contributed by atoms with E-state index in [0.717, 1.165) is 17.1 Å². The molecule has 0 spiro atoms. The topological polar surface area (TPSA) is 30.7 Å². The maximum Gasteiger partial charge on any atom is 0.143 e. The molecule has 0 saturated heterocycles. The Morgan fingerprint density at radius 2 is 2.38 bits per heavy atom. The highest BCUT2D eigenvalue weighted by Gasteiger charge is 2.05. The van der Waals surface area contributed by atoms with Crippen molar-refractivity contribution in [3.05, 3.63) is 23.3 Å². The monoisotopic (exact) mass is 193 g/mol. The van der Waals surface area contributed by atoms with Gasteiger partial charge in [0.25, 0.3) is 0 Å². The molecule has 0 atom stereocenters. The van der Waals surface area contributed by atoms with Crippen molar-refractivity contribution in [2.24, 2.45) is 7.05 Å². The first kappa shape index (κ1) is 8.44. The third-order valence-corrected chi connectivity index (χ3v) is 3.00. The fraction of sp³-hybridized carbons (Fsp3) is 0.333. The Kier molecular flexibility index (Phi) is 2.14. The molecule has 0 aromatic carbocycles. The van der Waals surface area contributed by atoms with Gasteiger partial charge >= 0.3 is 0 Å². The van der Waals surface area contributed by atoms with Gasteiger partial charge in [-0.15, -0.1) is 11.3 Å². The fourth-order valence-corrected chi connectivity index (χ4v) is 1.94. The van der Waals surface area contributed by atoms with E-state index in [4.69, 9.17) is 0 Å². The van der Waals surface area contributed by atoms with E-state index in [0.29, 0.717) is 0 Å². The highest BCUT2D eigenvalue weighted by molar-refractivity contribution is 7.14. The van der Waals surface area contributed by atoms with E-state index in [-0.39, 0.29) is 0 Å². The smallest absolute Gasteiger partial charge is 0.143 e. The summed E-state index contributed by atoms with van der Waals surface area (Å²) < 4.78 is 1.79. The first-order valence-corrected chi connectivity index (χ1v) is 5.06. The maximum absolute atomic E-state index is 4.31. The second-order valence-electron chi connectivity index (χ2n) is 2.86. The van der Waals surface area contributed by atoms with E-state index < -0.39 is 0 Å². The van der Waals surface area contributed by atoms with Crippen LogP contribution in [-0.4, -0.2) is 14.8 Å². The van der Waals surface area contributed by atoms with Crippen molar-refractivity contribution in [1.82, 2.24) is 14.8 Å². The number of thiazole rings is 1. The molecule has 0 aliphatic carbocycles. The van der Waals surface area contributed by atoms with Crippen LogP contribution >= 0.6 is 11.3 Å². The second kappa shape index (κ2) is 3.30. The summed E-state index contributed by atoms with van der Waals surface area (Å²) in [4.78, 5) is 5.62. The van der Waals surface area contributed by atoms with E-state index in [2.05, 4.69) is 17.0 Å². The molecular formula is C9H11N3S. The van der Waals surface area contributed by atoms with E-state index in [1.54, 1.807) is 16.0 Å². The number of hydrogen-bond acceptors (Lipinski definition) is 3. The average molecular weight is 193 g/mol. The minimum Gasteiger partial charge on any atom is -0.275 e. The lowest BCUT2D eigenvalue weighted by atomic mass is 10.4. The van der Waals surface area contributed by atoms with Crippen molar-refractivity contribution in [2.75, 3.05) is 0 Å². The molecule has 0 saturated carbocycles. The summed E-state index contributed by atoms with van der Waals surface area (Å²) >= 11 is 1.71. The Bertz CT molecular complexity index is 402. The standard InChI is InChI=1S/C9H11N3S/c1-3-7-6-10-9(13-7)8-4-5-12(2)11-8/h4-6H,3H2,1-2H3. The quantitative estimate of drug-likeness (QED) is 0.731. The van der Waals surface area contributed by atoms with Gasteiger partial charge in [0.1, 0.15) is 10.7 Å². The Morgan fingerprint density at radius 1 is 1.54 bits per heavy atom. The Balaban J connectivity index is 2.35. The van der Waals surface area contributed by atoms with Crippen molar-refractivity contribution in [3.63, 3.8) is 0 Å². The van der Waals surface area contributed by atoms with Crippen LogP contribution in [0.5, 0.6) is 0 Å². The van der Waals surface area contributed by atoms with E-state index in [9.17, 15) is 0 Å². The molecule has 13 heavy (non-hydrogen) atoms. The van der Waals surface area contributed by atoms with Gasteiger partial charge in [0.2, 0.25) is 0 Å². The third kappa shape index (κ3) is 1.62. The summed E-state index contributed by atoms with van der Waals surface area (Å²) in [5.41, 5.74) is 0.965. The first-order chi connectivity index (χ1) is 6.29. The molecule has 0 fully saturated rings. The van der Waals surface area contributed by atoms with E-state index >= 15 is 0 Å². The van der Waals surface area contributed by atoms with Gasteiger partial charge in [-0.25, -0.2) is 4.98 Å². The molecule has 0 aliphatic rings. The van der Waals surface area contributed by atoms with Crippen molar-refractivity contribution >= 4 is 11.3 Å². The zero-order chi connectivity index (χ0) is 9.26. The van der Waals surface area contributed by atoms with Crippen LogP contribution in [-0.2, 0) is 13.5 Å². The lowest BCUT2D eigenvalue weighted by Gasteiger charge is -1.87. The van der Waals surface area contributed by atoms with Crippen molar-refractivity contribution in [1.29, 1.82) is 0 Å². The molecule has 0 unspecified atom stereocenters. The van der Waals surface area contributed by atoms with E-state index in [1.165, 1.54) is 4.88 Å². The van der Waals surface area contributed by atoms with Crippen LogP contribution in [0.3, 0.4) is 0 Å². The average Bonchev–Trinajstić information content (AvgIpc) is 2.71. The van der Waals surface area contributed by atoms with Crippen LogP contribution in [0.2, 0.25) is 0 Å². The van der Waals surface area contributed by atoms with Gasteiger partial charge in [0, 0.05) is 24.3 Å².